The Morgan fingerprint density at radius 1 is 1.50 bits per heavy atom. The van der Waals surface area contributed by atoms with E-state index in [9.17, 15) is 9.90 Å². The molecule has 0 spiro atoms. The lowest BCUT2D eigenvalue weighted by atomic mass is 9.97. The maximum Gasteiger partial charge on any atom is 0.268 e. The number of amides is 1. The van der Waals surface area contributed by atoms with Gasteiger partial charge in [-0.1, -0.05) is 17.7 Å². The van der Waals surface area contributed by atoms with Crippen molar-refractivity contribution in [3.8, 4) is 0 Å². The molecule has 4 nitrogen and oxygen atoms in total. The molecule has 5 heteroatoms. The molecule has 0 radical (unpaired) electrons. The van der Waals surface area contributed by atoms with Gasteiger partial charge >= 0.3 is 0 Å². The van der Waals surface area contributed by atoms with E-state index in [1.807, 2.05) is 13.0 Å². The summed E-state index contributed by atoms with van der Waals surface area (Å²) in [6, 6.07) is 7.25. The molecule has 20 heavy (non-hydrogen) atoms. The third-order valence-electron chi connectivity index (χ3n) is 4.04. The van der Waals surface area contributed by atoms with E-state index in [-0.39, 0.29) is 12.5 Å². The fourth-order valence-corrected chi connectivity index (χ4v) is 2.71. The van der Waals surface area contributed by atoms with Crippen molar-refractivity contribution in [2.45, 2.75) is 25.3 Å². The summed E-state index contributed by atoms with van der Waals surface area (Å²) in [4.78, 5) is 15.4. The normalized spacial score (nSPS) is 17.9. The molecular weight excluding hydrogens is 276 g/mol. The number of halogens is 1. The number of H-pyrrole nitrogens is 1. The monoisotopic (exact) mass is 292 g/mol. The van der Waals surface area contributed by atoms with Gasteiger partial charge in [0.15, 0.2) is 0 Å². The van der Waals surface area contributed by atoms with Crippen LogP contribution in [0.25, 0.3) is 10.9 Å². The lowest BCUT2D eigenvalue weighted by molar-refractivity contribution is 0.0820. The van der Waals surface area contributed by atoms with Crippen molar-refractivity contribution in [1.82, 2.24) is 10.3 Å². The number of aliphatic hydroxyl groups is 1. The third-order valence-corrected chi connectivity index (χ3v) is 4.27. The SMILES string of the molecule is CC(CO)(NC(=O)c1cc2ccc(Cl)cc2[nH]1)C1CC1. The molecule has 1 saturated carbocycles. The molecule has 1 aromatic carbocycles. The van der Waals surface area contributed by atoms with E-state index in [4.69, 9.17) is 11.6 Å². The number of aromatic amines is 1. The first kappa shape index (κ1) is 13.5. The van der Waals surface area contributed by atoms with Crippen LogP contribution in [0.1, 0.15) is 30.3 Å². The van der Waals surface area contributed by atoms with Gasteiger partial charge in [-0.05, 0) is 43.9 Å². The second-order valence-corrected chi connectivity index (χ2v) is 6.15. The number of hydrogen-bond donors (Lipinski definition) is 3. The van der Waals surface area contributed by atoms with Gasteiger partial charge in [0.1, 0.15) is 5.69 Å². The van der Waals surface area contributed by atoms with Crippen LogP contribution in [0.4, 0.5) is 0 Å². The van der Waals surface area contributed by atoms with Gasteiger partial charge in [0.2, 0.25) is 0 Å². The summed E-state index contributed by atoms with van der Waals surface area (Å²) in [5.41, 5.74) is 0.786. The first-order valence-corrected chi connectivity index (χ1v) is 7.11. The zero-order valence-corrected chi connectivity index (χ0v) is 12.0. The van der Waals surface area contributed by atoms with Gasteiger partial charge < -0.3 is 15.4 Å². The zero-order valence-electron chi connectivity index (χ0n) is 11.2. The molecule has 1 aliphatic carbocycles. The highest BCUT2D eigenvalue weighted by Crippen LogP contribution is 2.39. The first-order valence-electron chi connectivity index (χ1n) is 6.73. The Morgan fingerprint density at radius 2 is 2.25 bits per heavy atom. The summed E-state index contributed by atoms with van der Waals surface area (Å²) >= 11 is 5.93. The van der Waals surface area contributed by atoms with Gasteiger partial charge in [0.25, 0.3) is 5.91 Å². The van der Waals surface area contributed by atoms with Crippen LogP contribution in [0.5, 0.6) is 0 Å². The van der Waals surface area contributed by atoms with E-state index in [1.54, 1.807) is 18.2 Å². The van der Waals surface area contributed by atoms with Crippen molar-refractivity contribution in [1.29, 1.82) is 0 Å². The van der Waals surface area contributed by atoms with E-state index in [1.165, 1.54) is 0 Å². The molecule has 1 fully saturated rings. The van der Waals surface area contributed by atoms with Crippen molar-refractivity contribution in [3.05, 3.63) is 35.0 Å². The van der Waals surface area contributed by atoms with Crippen molar-refractivity contribution >= 4 is 28.4 Å². The van der Waals surface area contributed by atoms with Gasteiger partial charge in [0, 0.05) is 15.9 Å². The van der Waals surface area contributed by atoms with Gasteiger partial charge in [-0.2, -0.15) is 0 Å². The van der Waals surface area contributed by atoms with Crippen LogP contribution in [0, 0.1) is 5.92 Å². The lowest BCUT2D eigenvalue weighted by Gasteiger charge is -2.28. The molecule has 1 unspecified atom stereocenters. The third kappa shape index (κ3) is 2.41. The number of carbonyl (C=O) groups is 1. The number of carbonyl (C=O) groups excluding carboxylic acids is 1. The van der Waals surface area contributed by atoms with Crippen LogP contribution < -0.4 is 5.32 Å². The highest BCUT2D eigenvalue weighted by Gasteiger charge is 2.42. The number of hydrogen-bond acceptors (Lipinski definition) is 2. The van der Waals surface area contributed by atoms with E-state index in [0.29, 0.717) is 16.6 Å². The van der Waals surface area contributed by atoms with Gasteiger partial charge in [-0.15, -0.1) is 0 Å². The second kappa shape index (κ2) is 4.79. The smallest absolute Gasteiger partial charge is 0.268 e. The van der Waals surface area contributed by atoms with Gasteiger partial charge in [-0.25, -0.2) is 0 Å². The average Bonchev–Trinajstić information content (AvgIpc) is 3.19. The summed E-state index contributed by atoms with van der Waals surface area (Å²) in [5, 5.41) is 14.0. The van der Waals surface area contributed by atoms with E-state index >= 15 is 0 Å². The van der Waals surface area contributed by atoms with E-state index in [0.717, 1.165) is 23.7 Å². The summed E-state index contributed by atoms with van der Waals surface area (Å²) in [7, 11) is 0. The molecule has 2 aromatic rings. The topological polar surface area (TPSA) is 65.1 Å². The predicted octanol–water partition coefficient (Wildman–Crippen LogP) is 2.71. The summed E-state index contributed by atoms with van der Waals surface area (Å²) < 4.78 is 0. The number of aromatic nitrogens is 1. The van der Waals surface area contributed by atoms with E-state index < -0.39 is 5.54 Å². The second-order valence-electron chi connectivity index (χ2n) is 5.72. The molecule has 1 heterocycles. The minimum atomic E-state index is -0.536. The lowest BCUT2D eigenvalue weighted by Crippen LogP contribution is -2.50. The Morgan fingerprint density at radius 3 is 2.90 bits per heavy atom. The fraction of sp³-hybridized carbons (Fsp3) is 0.400. The largest absolute Gasteiger partial charge is 0.394 e. The van der Waals surface area contributed by atoms with Crippen LogP contribution in [0.3, 0.4) is 0 Å². The molecular formula is C15H17ClN2O2. The average molecular weight is 293 g/mol. The number of nitrogens with one attached hydrogen (secondary N) is 2. The molecule has 3 N–H and O–H groups in total. The van der Waals surface area contributed by atoms with Crippen LogP contribution >= 0.6 is 11.6 Å². The molecule has 1 aromatic heterocycles. The maximum absolute atomic E-state index is 12.3. The Kier molecular flexibility index (Phi) is 3.22. The Bertz CT molecular complexity index is 663. The Hall–Kier alpha value is -1.52. The van der Waals surface area contributed by atoms with Crippen molar-refractivity contribution in [3.63, 3.8) is 0 Å². The minimum Gasteiger partial charge on any atom is -0.394 e. The van der Waals surface area contributed by atoms with Crippen LogP contribution in [-0.4, -0.2) is 28.1 Å². The molecule has 0 saturated heterocycles. The van der Waals surface area contributed by atoms with Crippen LogP contribution in [-0.2, 0) is 0 Å². The predicted molar refractivity (Wildman–Crippen MR) is 79.0 cm³/mol. The van der Waals surface area contributed by atoms with Crippen molar-refractivity contribution in [2.75, 3.05) is 6.61 Å². The first-order chi connectivity index (χ1) is 9.51. The zero-order chi connectivity index (χ0) is 14.3. The number of benzene rings is 1. The minimum absolute atomic E-state index is 0.0462. The summed E-state index contributed by atoms with van der Waals surface area (Å²) in [6.07, 6.45) is 2.11. The number of aliphatic hydroxyl groups excluding tert-OH is 1. The molecule has 0 aliphatic heterocycles. The quantitative estimate of drug-likeness (QED) is 0.811. The molecule has 106 valence electrons. The van der Waals surface area contributed by atoms with Crippen molar-refractivity contribution in [2.24, 2.45) is 5.92 Å². The maximum atomic E-state index is 12.3. The number of rotatable bonds is 4. The molecule has 0 bridgehead atoms. The summed E-state index contributed by atoms with van der Waals surface area (Å²) in [5.74, 6) is 0.177. The molecule has 3 rings (SSSR count). The fourth-order valence-electron chi connectivity index (χ4n) is 2.54. The van der Waals surface area contributed by atoms with E-state index in [2.05, 4.69) is 10.3 Å². The van der Waals surface area contributed by atoms with Crippen molar-refractivity contribution < 1.29 is 9.90 Å². The molecule has 1 atom stereocenters. The summed E-state index contributed by atoms with van der Waals surface area (Å²) in [6.45, 7) is 1.84. The number of fused-ring (bicyclic) bond motifs is 1. The Balaban J connectivity index is 1.85. The van der Waals surface area contributed by atoms with Crippen LogP contribution in [0.15, 0.2) is 24.3 Å². The highest BCUT2D eigenvalue weighted by atomic mass is 35.5. The van der Waals surface area contributed by atoms with Gasteiger partial charge in [-0.3, -0.25) is 4.79 Å². The highest BCUT2D eigenvalue weighted by molar-refractivity contribution is 6.31. The Labute approximate surface area is 122 Å². The standard InChI is InChI=1S/C15H17ClN2O2/c1-15(8-19,10-3-4-10)18-14(20)13-6-9-2-5-11(16)7-12(9)17-13/h2,5-7,10,17,19H,3-4,8H2,1H3,(H,18,20). The van der Waals surface area contributed by atoms with Gasteiger partial charge in [0.05, 0.1) is 12.1 Å². The molecule has 1 aliphatic rings. The van der Waals surface area contributed by atoms with Crippen LogP contribution in [0.2, 0.25) is 5.02 Å². The molecule has 1 amide bonds.